The minimum Gasteiger partial charge on any atom is -0.381 e. The molecule has 0 unspecified atom stereocenters. The first-order valence-corrected chi connectivity index (χ1v) is 5.44. The van der Waals surface area contributed by atoms with Crippen molar-refractivity contribution in [3.05, 3.63) is 11.6 Å². The summed E-state index contributed by atoms with van der Waals surface area (Å²) >= 11 is 0. The molecule has 2 rings (SSSR count). The van der Waals surface area contributed by atoms with E-state index in [-0.39, 0.29) is 5.41 Å². The van der Waals surface area contributed by atoms with E-state index in [1.165, 1.54) is 0 Å². The van der Waals surface area contributed by atoms with Crippen LogP contribution in [0.1, 0.15) is 31.4 Å². The molecule has 15 heavy (non-hydrogen) atoms. The molecule has 1 aliphatic heterocycles. The molecule has 0 aromatic carbocycles. The Kier molecular flexibility index (Phi) is 3.02. The number of aromatic nitrogens is 3. The Bertz CT molecular complexity index is 317. The topological polar surface area (TPSA) is 76.8 Å². The molecule has 3 N–H and O–H groups in total. The third-order valence-electron chi connectivity index (χ3n) is 3.05. The highest BCUT2D eigenvalue weighted by atomic mass is 16.5. The number of rotatable bonds is 3. The molecule has 1 aromatic heterocycles. The Morgan fingerprint density at radius 1 is 1.47 bits per heavy atom. The minimum atomic E-state index is 0.0710. The number of H-pyrrole nitrogens is 1. The molecule has 5 heteroatoms. The Labute approximate surface area is 89.4 Å². The average molecular weight is 210 g/mol. The number of ether oxygens (including phenoxy) is 1. The molecule has 1 aliphatic rings. The molecule has 0 aliphatic carbocycles. The fourth-order valence-electron chi connectivity index (χ4n) is 1.86. The molecule has 0 saturated carbocycles. The van der Waals surface area contributed by atoms with Gasteiger partial charge in [0.2, 0.25) is 0 Å². The van der Waals surface area contributed by atoms with E-state index in [2.05, 4.69) is 22.1 Å². The predicted octanol–water partition coefficient (Wildman–Crippen LogP) is 0.374. The van der Waals surface area contributed by atoms with Crippen molar-refractivity contribution in [2.45, 2.75) is 31.6 Å². The summed E-state index contributed by atoms with van der Waals surface area (Å²) in [6.07, 6.45) is 2.75. The van der Waals surface area contributed by atoms with Crippen LogP contribution < -0.4 is 5.73 Å². The van der Waals surface area contributed by atoms with Crippen LogP contribution >= 0.6 is 0 Å². The Balaban J connectivity index is 2.12. The van der Waals surface area contributed by atoms with Crippen LogP contribution in [0.5, 0.6) is 0 Å². The van der Waals surface area contributed by atoms with Gasteiger partial charge in [0.05, 0.1) is 0 Å². The summed E-state index contributed by atoms with van der Waals surface area (Å²) in [6.45, 7) is 4.41. The van der Waals surface area contributed by atoms with Crippen LogP contribution in [0.2, 0.25) is 0 Å². The maximum absolute atomic E-state index is 5.47. The summed E-state index contributed by atoms with van der Waals surface area (Å²) in [5.74, 6) is 1.80. The molecular weight excluding hydrogens is 192 g/mol. The predicted molar refractivity (Wildman–Crippen MR) is 56.5 cm³/mol. The number of hydrogen-bond donors (Lipinski definition) is 2. The van der Waals surface area contributed by atoms with Crippen LogP contribution in [-0.2, 0) is 16.6 Å². The van der Waals surface area contributed by atoms with Gasteiger partial charge < -0.3 is 10.5 Å². The van der Waals surface area contributed by atoms with E-state index >= 15 is 0 Å². The van der Waals surface area contributed by atoms with Crippen molar-refractivity contribution < 1.29 is 4.74 Å². The van der Waals surface area contributed by atoms with Gasteiger partial charge in [-0.25, -0.2) is 4.98 Å². The number of nitrogens with two attached hydrogens (primary N) is 1. The lowest BCUT2D eigenvalue weighted by atomic mass is 9.82. The van der Waals surface area contributed by atoms with Crippen LogP contribution in [0.25, 0.3) is 0 Å². The molecule has 0 radical (unpaired) electrons. The monoisotopic (exact) mass is 210 g/mol. The first-order valence-electron chi connectivity index (χ1n) is 5.44. The van der Waals surface area contributed by atoms with E-state index in [4.69, 9.17) is 10.5 Å². The maximum atomic E-state index is 5.47. The van der Waals surface area contributed by atoms with Gasteiger partial charge in [-0.2, -0.15) is 5.10 Å². The normalized spacial score (nSPS) is 20.4. The zero-order valence-electron chi connectivity index (χ0n) is 9.12. The van der Waals surface area contributed by atoms with Gasteiger partial charge >= 0.3 is 0 Å². The summed E-state index contributed by atoms with van der Waals surface area (Å²) < 4.78 is 5.35. The fraction of sp³-hybridized carbons (Fsp3) is 0.800. The maximum Gasteiger partial charge on any atom is 0.156 e. The van der Waals surface area contributed by atoms with Crippen molar-refractivity contribution in [3.63, 3.8) is 0 Å². The largest absolute Gasteiger partial charge is 0.381 e. The van der Waals surface area contributed by atoms with Crippen LogP contribution in [0.3, 0.4) is 0 Å². The summed E-state index contributed by atoms with van der Waals surface area (Å²) in [7, 11) is 0. The van der Waals surface area contributed by atoms with E-state index in [1.807, 2.05) is 0 Å². The van der Waals surface area contributed by atoms with Crippen molar-refractivity contribution in [3.8, 4) is 0 Å². The number of nitrogens with one attached hydrogen (secondary N) is 1. The number of hydrogen-bond acceptors (Lipinski definition) is 4. The summed E-state index contributed by atoms with van der Waals surface area (Å²) in [6, 6.07) is 0. The van der Waals surface area contributed by atoms with Crippen LogP contribution in [0, 0.1) is 0 Å². The third kappa shape index (κ3) is 2.18. The molecule has 1 saturated heterocycles. The fourth-order valence-corrected chi connectivity index (χ4v) is 1.86. The van der Waals surface area contributed by atoms with E-state index in [1.54, 1.807) is 0 Å². The molecular formula is C10H18N4O. The summed E-state index contributed by atoms with van der Waals surface area (Å²) in [5, 5.41) is 7.23. The van der Waals surface area contributed by atoms with Crippen molar-refractivity contribution >= 4 is 0 Å². The highest BCUT2D eigenvalue weighted by Crippen LogP contribution is 2.31. The van der Waals surface area contributed by atoms with Gasteiger partial charge in [-0.3, -0.25) is 5.10 Å². The summed E-state index contributed by atoms with van der Waals surface area (Å²) in [4.78, 5) is 4.49. The molecule has 1 aromatic rings. The zero-order valence-corrected chi connectivity index (χ0v) is 9.12. The van der Waals surface area contributed by atoms with E-state index in [0.717, 1.165) is 44.1 Å². The highest BCUT2D eigenvalue weighted by Gasteiger charge is 2.33. The Morgan fingerprint density at radius 3 is 2.87 bits per heavy atom. The molecule has 0 amide bonds. The van der Waals surface area contributed by atoms with Crippen molar-refractivity contribution in [1.29, 1.82) is 0 Å². The summed E-state index contributed by atoms with van der Waals surface area (Å²) in [5.41, 5.74) is 5.54. The highest BCUT2D eigenvalue weighted by molar-refractivity contribution is 5.07. The SMILES string of the molecule is CC1(c2n[nH]c(CCN)n2)CCOCC1. The van der Waals surface area contributed by atoms with Crippen molar-refractivity contribution in [2.75, 3.05) is 19.8 Å². The average Bonchev–Trinajstić information content (AvgIpc) is 2.69. The Hall–Kier alpha value is -0.940. The second-order valence-electron chi connectivity index (χ2n) is 4.32. The van der Waals surface area contributed by atoms with Crippen LogP contribution in [0.15, 0.2) is 0 Å². The lowest BCUT2D eigenvalue weighted by Gasteiger charge is -2.30. The first-order chi connectivity index (χ1) is 7.24. The standard InChI is InChI=1S/C10H18N4O/c1-10(3-6-15-7-4-10)9-12-8(2-5-11)13-14-9/h2-7,11H2,1H3,(H,12,13,14). The lowest BCUT2D eigenvalue weighted by molar-refractivity contribution is 0.0536. The van der Waals surface area contributed by atoms with Gasteiger partial charge in [-0.1, -0.05) is 6.92 Å². The minimum absolute atomic E-state index is 0.0710. The van der Waals surface area contributed by atoms with Crippen molar-refractivity contribution in [2.24, 2.45) is 5.73 Å². The quantitative estimate of drug-likeness (QED) is 0.756. The smallest absolute Gasteiger partial charge is 0.156 e. The molecule has 0 spiro atoms. The second-order valence-corrected chi connectivity index (χ2v) is 4.32. The van der Waals surface area contributed by atoms with Gasteiger partial charge in [0.15, 0.2) is 5.82 Å². The van der Waals surface area contributed by atoms with Crippen molar-refractivity contribution in [1.82, 2.24) is 15.2 Å². The molecule has 0 bridgehead atoms. The third-order valence-corrected chi connectivity index (χ3v) is 3.05. The van der Waals surface area contributed by atoms with Gasteiger partial charge in [-0.15, -0.1) is 0 Å². The Morgan fingerprint density at radius 2 is 2.20 bits per heavy atom. The molecule has 2 heterocycles. The van der Waals surface area contributed by atoms with E-state index in [9.17, 15) is 0 Å². The van der Waals surface area contributed by atoms with E-state index in [0.29, 0.717) is 6.54 Å². The molecule has 0 atom stereocenters. The van der Waals surface area contributed by atoms with Gasteiger partial charge in [0.1, 0.15) is 5.82 Å². The van der Waals surface area contributed by atoms with Crippen LogP contribution in [0.4, 0.5) is 0 Å². The zero-order chi connectivity index (χ0) is 10.7. The van der Waals surface area contributed by atoms with Crippen LogP contribution in [-0.4, -0.2) is 34.9 Å². The molecule has 5 nitrogen and oxygen atoms in total. The lowest BCUT2D eigenvalue weighted by Crippen LogP contribution is -2.31. The number of aromatic amines is 1. The second kappa shape index (κ2) is 4.28. The van der Waals surface area contributed by atoms with E-state index < -0.39 is 0 Å². The van der Waals surface area contributed by atoms with Gasteiger partial charge in [0, 0.05) is 25.0 Å². The van der Waals surface area contributed by atoms with Gasteiger partial charge in [0.25, 0.3) is 0 Å². The number of nitrogens with zero attached hydrogens (tertiary/aromatic N) is 2. The van der Waals surface area contributed by atoms with Gasteiger partial charge in [-0.05, 0) is 19.4 Å². The molecule has 1 fully saturated rings. The molecule has 84 valence electrons. The first kappa shape index (κ1) is 10.6.